The lowest BCUT2D eigenvalue weighted by molar-refractivity contribution is 1.13. The van der Waals surface area contributed by atoms with Gasteiger partial charge < -0.3 is 4.90 Å². The summed E-state index contributed by atoms with van der Waals surface area (Å²) in [7, 11) is 2.05. The number of benzene rings is 1. The first-order valence-corrected chi connectivity index (χ1v) is 6.60. The number of hydrogen-bond donors (Lipinski definition) is 0. The molecule has 0 radical (unpaired) electrons. The molecule has 0 atom stereocenters. The summed E-state index contributed by atoms with van der Waals surface area (Å²) in [5.74, 6) is 0. The van der Waals surface area contributed by atoms with E-state index in [2.05, 4.69) is 69.3 Å². The average molecular weight is 253 g/mol. The first kappa shape index (κ1) is 15.0. The summed E-state index contributed by atoms with van der Waals surface area (Å²) < 4.78 is 0. The Labute approximate surface area is 117 Å². The van der Waals surface area contributed by atoms with Crippen LogP contribution in [0.5, 0.6) is 0 Å². The molecule has 0 bridgehead atoms. The molecule has 0 aliphatic carbocycles. The van der Waals surface area contributed by atoms with E-state index in [0.29, 0.717) is 0 Å². The van der Waals surface area contributed by atoms with Gasteiger partial charge in [0, 0.05) is 24.0 Å². The lowest BCUT2D eigenvalue weighted by Gasteiger charge is -2.23. The highest BCUT2D eigenvalue weighted by molar-refractivity contribution is 5.72. The Bertz CT molecular complexity index is 506. The molecule has 100 valence electrons. The maximum absolute atomic E-state index is 3.86. The van der Waals surface area contributed by atoms with Gasteiger partial charge >= 0.3 is 0 Å². The van der Waals surface area contributed by atoms with Crippen LogP contribution >= 0.6 is 0 Å². The summed E-state index contributed by atoms with van der Waals surface area (Å²) in [4.78, 5) is 2.14. The zero-order valence-electron chi connectivity index (χ0n) is 12.2. The SMILES string of the molecule is C=C/C=C(\C=C)N(C)c1cccc(C)c1/C=C\CC. The minimum atomic E-state index is 1.03. The quantitative estimate of drug-likeness (QED) is 0.637. The topological polar surface area (TPSA) is 3.24 Å². The van der Waals surface area contributed by atoms with Gasteiger partial charge in [0.25, 0.3) is 0 Å². The van der Waals surface area contributed by atoms with Crippen molar-refractivity contribution in [1.82, 2.24) is 0 Å². The van der Waals surface area contributed by atoms with Gasteiger partial charge in [-0.15, -0.1) is 0 Å². The van der Waals surface area contributed by atoms with Crippen LogP contribution in [0.2, 0.25) is 0 Å². The summed E-state index contributed by atoms with van der Waals surface area (Å²) in [5, 5.41) is 0. The van der Waals surface area contributed by atoms with Crippen LogP contribution < -0.4 is 4.90 Å². The Morgan fingerprint density at radius 1 is 1.32 bits per heavy atom. The van der Waals surface area contributed by atoms with Crippen molar-refractivity contribution in [2.75, 3.05) is 11.9 Å². The first-order valence-electron chi connectivity index (χ1n) is 6.60. The maximum Gasteiger partial charge on any atom is 0.0484 e. The fourth-order valence-corrected chi connectivity index (χ4v) is 1.99. The van der Waals surface area contributed by atoms with E-state index >= 15 is 0 Å². The molecule has 19 heavy (non-hydrogen) atoms. The summed E-state index contributed by atoms with van der Waals surface area (Å²) >= 11 is 0. The molecule has 0 saturated heterocycles. The largest absolute Gasteiger partial charge is 0.344 e. The van der Waals surface area contributed by atoms with Gasteiger partial charge in [-0.3, -0.25) is 0 Å². The van der Waals surface area contributed by atoms with E-state index in [1.54, 1.807) is 6.08 Å². The molecule has 0 amide bonds. The summed E-state index contributed by atoms with van der Waals surface area (Å²) in [6, 6.07) is 6.35. The van der Waals surface area contributed by atoms with Crippen molar-refractivity contribution in [3.8, 4) is 0 Å². The minimum Gasteiger partial charge on any atom is -0.344 e. The highest BCUT2D eigenvalue weighted by Gasteiger charge is 2.09. The smallest absolute Gasteiger partial charge is 0.0484 e. The first-order chi connectivity index (χ1) is 9.15. The van der Waals surface area contributed by atoms with Crippen molar-refractivity contribution in [3.05, 3.63) is 72.5 Å². The summed E-state index contributed by atoms with van der Waals surface area (Å²) in [5.41, 5.74) is 4.74. The van der Waals surface area contributed by atoms with E-state index in [-0.39, 0.29) is 0 Å². The van der Waals surface area contributed by atoms with Gasteiger partial charge in [-0.1, -0.05) is 50.4 Å². The van der Waals surface area contributed by atoms with Crippen LogP contribution in [0.15, 0.2) is 61.4 Å². The lowest BCUT2D eigenvalue weighted by atomic mass is 10.0. The van der Waals surface area contributed by atoms with Crippen LogP contribution in [0, 0.1) is 6.92 Å². The predicted octanol–water partition coefficient (Wildman–Crippen LogP) is 5.11. The Balaban J connectivity index is 3.29. The zero-order valence-corrected chi connectivity index (χ0v) is 12.2. The molecule has 0 saturated carbocycles. The van der Waals surface area contributed by atoms with Gasteiger partial charge in [-0.05, 0) is 37.1 Å². The fourth-order valence-electron chi connectivity index (χ4n) is 1.99. The van der Waals surface area contributed by atoms with Crippen LogP contribution in [0.3, 0.4) is 0 Å². The van der Waals surface area contributed by atoms with Crippen molar-refractivity contribution in [2.24, 2.45) is 0 Å². The van der Waals surface area contributed by atoms with Gasteiger partial charge in [0.1, 0.15) is 0 Å². The molecule has 0 unspecified atom stereocenters. The second kappa shape index (κ2) is 7.42. The Morgan fingerprint density at radius 2 is 2.05 bits per heavy atom. The average Bonchev–Trinajstić information content (AvgIpc) is 2.42. The fraction of sp³-hybridized carbons (Fsp3) is 0.222. The van der Waals surface area contributed by atoms with Crippen molar-refractivity contribution in [3.63, 3.8) is 0 Å². The molecule has 1 aromatic carbocycles. The molecule has 0 aliphatic rings. The number of rotatable bonds is 6. The molecule has 0 aliphatic heterocycles. The summed E-state index contributed by atoms with van der Waals surface area (Å²) in [6.45, 7) is 11.9. The molecule has 1 heteroatoms. The van der Waals surface area contributed by atoms with E-state index in [9.17, 15) is 0 Å². The van der Waals surface area contributed by atoms with Crippen LogP contribution in [-0.4, -0.2) is 7.05 Å². The highest BCUT2D eigenvalue weighted by Crippen LogP contribution is 2.27. The number of anilines is 1. The van der Waals surface area contributed by atoms with Crippen molar-refractivity contribution in [1.29, 1.82) is 0 Å². The summed E-state index contributed by atoms with van der Waals surface area (Å²) in [6.07, 6.45) is 11.0. The molecular formula is C18H23N. The molecule has 0 heterocycles. The molecule has 0 spiro atoms. The van der Waals surface area contributed by atoms with Gasteiger partial charge in [0.2, 0.25) is 0 Å². The van der Waals surface area contributed by atoms with Crippen molar-refractivity contribution in [2.45, 2.75) is 20.3 Å². The van der Waals surface area contributed by atoms with Crippen LogP contribution in [-0.2, 0) is 0 Å². The van der Waals surface area contributed by atoms with Crippen LogP contribution in [0.4, 0.5) is 5.69 Å². The number of likely N-dealkylation sites (N-methyl/N-ethyl adjacent to an activating group) is 1. The van der Waals surface area contributed by atoms with E-state index in [0.717, 1.165) is 12.1 Å². The van der Waals surface area contributed by atoms with Gasteiger partial charge in [-0.25, -0.2) is 0 Å². The monoisotopic (exact) mass is 253 g/mol. The van der Waals surface area contributed by atoms with Gasteiger partial charge in [0.15, 0.2) is 0 Å². The lowest BCUT2D eigenvalue weighted by Crippen LogP contribution is -2.16. The van der Waals surface area contributed by atoms with Crippen LogP contribution in [0.1, 0.15) is 24.5 Å². The predicted molar refractivity (Wildman–Crippen MR) is 87.4 cm³/mol. The maximum atomic E-state index is 3.86. The molecule has 0 fully saturated rings. The Hall–Kier alpha value is -2.02. The van der Waals surface area contributed by atoms with Gasteiger partial charge in [0.05, 0.1) is 0 Å². The van der Waals surface area contributed by atoms with E-state index in [1.807, 2.05) is 12.2 Å². The number of nitrogens with zero attached hydrogens (tertiary/aromatic N) is 1. The number of allylic oxidation sites excluding steroid dienone is 4. The second-order valence-corrected chi connectivity index (χ2v) is 4.41. The zero-order chi connectivity index (χ0) is 14.3. The molecule has 1 rings (SSSR count). The third-order valence-corrected chi connectivity index (χ3v) is 3.07. The third-order valence-electron chi connectivity index (χ3n) is 3.07. The molecule has 1 aromatic rings. The molecule has 1 nitrogen and oxygen atoms in total. The molecular weight excluding hydrogens is 230 g/mol. The Kier molecular flexibility index (Phi) is 5.87. The highest BCUT2D eigenvalue weighted by atomic mass is 15.1. The van der Waals surface area contributed by atoms with Gasteiger partial charge in [-0.2, -0.15) is 0 Å². The Morgan fingerprint density at radius 3 is 2.63 bits per heavy atom. The second-order valence-electron chi connectivity index (χ2n) is 4.41. The van der Waals surface area contributed by atoms with Crippen molar-refractivity contribution >= 4 is 11.8 Å². The van der Waals surface area contributed by atoms with E-state index < -0.39 is 0 Å². The third kappa shape index (κ3) is 3.72. The van der Waals surface area contributed by atoms with Crippen molar-refractivity contribution < 1.29 is 0 Å². The molecule has 0 N–H and O–H groups in total. The number of hydrogen-bond acceptors (Lipinski definition) is 1. The molecule has 0 aromatic heterocycles. The normalized spacial score (nSPS) is 11.6. The standard InChI is InChI=1S/C18H23N/c1-6-9-13-17-15(4)12-10-14-18(17)19(5)16(8-3)11-7-2/h7-14H,2-3,6H2,1,4-5H3/b13-9-,16-11+. The van der Waals surface area contributed by atoms with Crippen LogP contribution in [0.25, 0.3) is 6.08 Å². The van der Waals surface area contributed by atoms with E-state index in [4.69, 9.17) is 0 Å². The van der Waals surface area contributed by atoms with E-state index in [1.165, 1.54) is 16.8 Å². The minimum absolute atomic E-state index is 1.03. The number of aryl methyl sites for hydroxylation is 1.